The maximum absolute atomic E-state index is 13.5. The summed E-state index contributed by atoms with van der Waals surface area (Å²) in [6.45, 7) is 0. The molecule has 0 fully saturated rings. The van der Waals surface area contributed by atoms with Gasteiger partial charge < -0.3 is 0 Å². The molecule has 0 heterocycles. The van der Waals surface area contributed by atoms with Gasteiger partial charge in [0.2, 0.25) is 6.17 Å². The minimum Gasteiger partial charge on any atom is -0.263 e. The summed E-state index contributed by atoms with van der Waals surface area (Å²) in [6, 6.07) is 0. The normalized spacial score (nSPS) is 21.0. The van der Waals surface area contributed by atoms with Crippen LogP contribution in [0.2, 0.25) is 0 Å². The lowest BCUT2D eigenvalue weighted by Gasteiger charge is -2.39. The Morgan fingerprint density at radius 2 is 0.882 bits per heavy atom. The molecule has 4 nitrogen and oxygen atoms in total. The van der Waals surface area contributed by atoms with E-state index in [9.17, 15) is 83.1 Å². The molecule has 0 amide bonds. The summed E-state index contributed by atoms with van der Waals surface area (Å²) in [7, 11) is -6.49. The van der Waals surface area contributed by atoms with Crippen LogP contribution in [0.4, 0.5) is 74.6 Å². The van der Waals surface area contributed by atoms with Crippen molar-refractivity contribution in [2.24, 2.45) is 0 Å². The van der Waals surface area contributed by atoms with Gasteiger partial charge in [-0.1, -0.05) is 0 Å². The van der Waals surface area contributed by atoms with Crippen molar-refractivity contribution in [3.8, 4) is 0 Å². The van der Waals surface area contributed by atoms with Crippen molar-refractivity contribution in [3.63, 3.8) is 0 Å². The van der Waals surface area contributed by atoms with Gasteiger partial charge in [0.25, 0.3) is 12.8 Å². The SMILES string of the molecule is O=S(=O)(O)OC(F)C(F)(F)C(F)(F)C(F)(F)C(F)(F)C(F)C(F)C(F)C(F)C(F)C(F)C(F)F. The molecule has 0 aromatic rings. The Morgan fingerprint density at radius 3 is 1.24 bits per heavy atom. The zero-order valence-corrected chi connectivity index (χ0v) is 15.9. The van der Waals surface area contributed by atoms with Crippen LogP contribution in [0.5, 0.6) is 0 Å². The molecule has 22 heteroatoms. The van der Waals surface area contributed by atoms with Gasteiger partial charge in [-0.2, -0.15) is 43.5 Å². The molecule has 0 aromatic carbocycles. The average Bonchev–Trinajstić information content (AvgIpc) is 2.68. The first-order valence-corrected chi connectivity index (χ1v) is 9.09. The van der Waals surface area contributed by atoms with Gasteiger partial charge in [-0.15, -0.1) is 0 Å². The van der Waals surface area contributed by atoms with Gasteiger partial charge in [-0.25, -0.2) is 43.7 Å². The zero-order valence-electron chi connectivity index (χ0n) is 15.1. The quantitative estimate of drug-likeness (QED) is 0.251. The molecule has 7 unspecified atom stereocenters. The van der Waals surface area contributed by atoms with Crippen molar-refractivity contribution in [1.82, 2.24) is 0 Å². The van der Waals surface area contributed by atoms with E-state index in [1.807, 2.05) is 0 Å². The molecule has 206 valence electrons. The minimum absolute atomic E-state index is 2.18. The van der Waals surface area contributed by atoms with Crippen molar-refractivity contribution in [1.29, 1.82) is 0 Å². The van der Waals surface area contributed by atoms with E-state index in [0.29, 0.717) is 0 Å². The summed E-state index contributed by atoms with van der Waals surface area (Å²) in [5.41, 5.74) is 0. The fraction of sp³-hybridized carbons (Fsp3) is 1.00. The van der Waals surface area contributed by atoms with Gasteiger partial charge in [-0.05, 0) is 0 Å². The van der Waals surface area contributed by atoms with Crippen LogP contribution in [0, 0.1) is 0 Å². The van der Waals surface area contributed by atoms with Crippen LogP contribution in [0.3, 0.4) is 0 Å². The largest absolute Gasteiger partial charge is 0.400 e. The van der Waals surface area contributed by atoms with Crippen LogP contribution in [0.1, 0.15) is 0 Å². The van der Waals surface area contributed by atoms with E-state index < -0.39 is 83.9 Å². The Balaban J connectivity index is 6.09. The summed E-state index contributed by atoms with van der Waals surface area (Å²) < 4.78 is 253. The monoisotopic (exact) mass is 572 g/mol. The number of hydrogen-bond acceptors (Lipinski definition) is 3. The Bertz CT molecular complexity index is 776. The van der Waals surface area contributed by atoms with Crippen molar-refractivity contribution >= 4 is 10.4 Å². The predicted molar refractivity (Wildman–Crippen MR) is 72.7 cm³/mol. The zero-order chi connectivity index (χ0) is 27.8. The van der Waals surface area contributed by atoms with Gasteiger partial charge in [0.05, 0.1) is 0 Å². The third-order valence-electron chi connectivity index (χ3n) is 3.81. The number of hydrogen-bond donors (Lipinski definition) is 1. The van der Waals surface area contributed by atoms with Crippen molar-refractivity contribution in [2.45, 2.75) is 73.5 Å². The van der Waals surface area contributed by atoms with Crippen LogP contribution in [0.25, 0.3) is 0 Å². The van der Waals surface area contributed by atoms with Gasteiger partial charge in [0.1, 0.15) is 0 Å². The predicted octanol–water partition coefficient (Wildman–Crippen LogP) is 4.94. The van der Waals surface area contributed by atoms with E-state index in [1.54, 1.807) is 0 Å². The second-order valence-corrected chi connectivity index (χ2v) is 7.24. The first kappa shape index (κ1) is 32.7. The highest BCUT2D eigenvalue weighted by molar-refractivity contribution is 7.80. The molecular formula is C12H9F17O4S. The molecule has 0 rings (SSSR count). The molecule has 0 saturated carbocycles. The van der Waals surface area contributed by atoms with E-state index in [4.69, 9.17) is 4.55 Å². The Hall–Kier alpha value is -1.32. The maximum Gasteiger partial charge on any atom is 0.400 e. The third-order valence-corrected chi connectivity index (χ3v) is 4.22. The number of halogens is 17. The lowest BCUT2D eigenvalue weighted by Crippen LogP contribution is -2.68. The van der Waals surface area contributed by atoms with Crippen molar-refractivity contribution < 1.29 is 91.8 Å². The Kier molecular flexibility index (Phi) is 9.95. The van der Waals surface area contributed by atoms with Crippen molar-refractivity contribution in [2.75, 3.05) is 0 Å². The van der Waals surface area contributed by atoms with Gasteiger partial charge >= 0.3 is 34.1 Å². The minimum atomic E-state index is -8.02. The fourth-order valence-electron chi connectivity index (χ4n) is 1.93. The van der Waals surface area contributed by atoms with Gasteiger partial charge in [0.15, 0.2) is 30.9 Å². The molecule has 0 bridgehead atoms. The van der Waals surface area contributed by atoms with E-state index in [-0.39, 0.29) is 0 Å². The van der Waals surface area contributed by atoms with Crippen LogP contribution < -0.4 is 0 Å². The maximum atomic E-state index is 13.5. The molecule has 0 aliphatic carbocycles. The average molecular weight is 572 g/mol. The molecular weight excluding hydrogens is 563 g/mol. The molecule has 7 atom stereocenters. The molecule has 0 aromatic heterocycles. The van der Waals surface area contributed by atoms with Crippen LogP contribution in [-0.2, 0) is 14.6 Å². The topological polar surface area (TPSA) is 63.6 Å². The summed E-state index contributed by atoms with van der Waals surface area (Å²) in [6.07, 6.45) is -39.4. The number of rotatable bonds is 13. The summed E-state index contributed by atoms with van der Waals surface area (Å²) in [4.78, 5) is 0. The molecule has 0 saturated heterocycles. The highest BCUT2D eigenvalue weighted by Crippen LogP contribution is 2.56. The highest BCUT2D eigenvalue weighted by Gasteiger charge is 2.85. The lowest BCUT2D eigenvalue weighted by molar-refractivity contribution is -0.396. The molecule has 0 spiro atoms. The highest BCUT2D eigenvalue weighted by atomic mass is 32.3. The molecule has 0 radical (unpaired) electrons. The van der Waals surface area contributed by atoms with Crippen molar-refractivity contribution in [3.05, 3.63) is 0 Å². The molecule has 0 aliphatic rings. The third kappa shape index (κ3) is 6.08. The first-order valence-electron chi connectivity index (χ1n) is 7.72. The second-order valence-electron chi connectivity index (χ2n) is 6.19. The van der Waals surface area contributed by atoms with Crippen LogP contribution in [-0.4, -0.2) is 86.5 Å². The van der Waals surface area contributed by atoms with Crippen LogP contribution in [0.15, 0.2) is 0 Å². The second kappa shape index (κ2) is 10.3. The summed E-state index contributed by atoms with van der Waals surface area (Å²) >= 11 is 0. The van der Waals surface area contributed by atoms with E-state index in [1.165, 1.54) is 0 Å². The lowest BCUT2D eigenvalue weighted by atomic mass is 9.91. The molecule has 1 N–H and O–H groups in total. The van der Waals surface area contributed by atoms with E-state index in [2.05, 4.69) is 4.18 Å². The standard InChI is InChI=1S/C12H9F17O4S/c13-1(3(15)5(17)7(19)20)2(14)4(16)6(18)9(22,23)11(26,27)12(28,29)10(24,25)8(21)33-34(30,31)32/h1-8H,(H,30,31,32). The van der Waals surface area contributed by atoms with Gasteiger partial charge in [0, 0.05) is 0 Å². The Labute approximate surface area is 177 Å². The smallest absolute Gasteiger partial charge is 0.263 e. The summed E-state index contributed by atoms with van der Waals surface area (Å²) in [5.74, 6) is -31.0. The molecule has 34 heavy (non-hydrogen) atoms. The summed E-state index contributed by atoms with van der Waals surface area (Å²) in [5, 5.41) is 0. The van der Waals surface area contributed by atoms with E-state index in [0.717, 1.165) is 0 Å². The van der Waals surface area contributed by atoms with Crippen LogP contribution >= 0.6 is 0 Å². The first-order chi connectivity index (χ1) is 14.8. The molecule has 0 aliphatic heterocycles. The number of alkyl halides is 17. The Morgan fingerprint density at radius 1 is 0.559 bits per heavy atom. The van der Waals surface area contributed by atoms with Gasteiger partial charge in [-0.3, -0.25) is 4.55 Å². The van der Waals surface area contributed by atoms with E-state index >= 15 is 0 Å². The fourth-order valence-corrected chi connectivity index (χ4v) is 2.26.